The smallest absolute Gasteiger partial charge is 0.138 e. The number of nitriles is 1. The normalized spacial score (nSPS) is 16.0. The van der Waals surface area contributed by atoms with Crippen molar-refractivity contribution in [2.45, 2.75) is 26.2 Å². The Morgan fingerprint density at radius 3 is 2.52 bits per heavy atom. The van der Waals surface area contributed by atoms with Crippen LogP contribution in [0.3, 0.4) is 0 Å². The van der Waals surface area contributed by atoms with Crippen molar-refractivity contribution in [3.05, 3.63) is 81.9 Å². The van der Waals surface area contributed by atoms with E-state index in [0.717, 1.165) is 43.6 Å². The topological polar surface area (TPSA) is 60.1 Å². The molecule has 0 radical (unpaired) electrons. The molecule has 0 atom stereocenters. The van der Waals surface area contributed by atoms with Crippen LogP contribution in [0.2, 0.25) is 0 Å². The number of thiazole rings is 1. The third kappa shape index (κ3) is 5.41. The molecular formula is C26H27N3OS. The molecule has 0 bridgehead atoms. The minimum atomic E-state index is 0.119. The van der Waals surface area contributed by atoms with E-state index in [1.807, 2.05) is 29.6 Å². The van der Waals surface area contributed by atoms with Crippen molar-refractivity contribution in [3.63, 3.8) is 0 Å². The lowest BCUT2D eigenvalue weighted by Crippen LogP contribution is -2.35. The number of hydrogen-bond donors (Lipinski definition) is 1. The van der Waals surface area contributed by atoms with Gasteiger partial charge < -0.3 is 5.11 Å². The zero-order valence-electron chi connectivity index (χ0n) is 17.8. The fourth-order valence-corrected chi connectivity index (χ4v) is 4.91. The van der Waals surface area contributed by atoms with Crippen molar-refractivity contribution < 1.29 is 5.11 Å². The molecule has 0 aliphatic carbocycles. The Hall–Kier alpha value is -2.94. The van der Waals surface area contributed by atoms with Crippen molar-refractivity contribution in [2.24, 2.45) is 5.92 Å². The first-order chi connectivity index (χ1) is 15.1. The molecular weight excluding hydrogens is 402 g/mol. The lowest BCUT2D eigenvalue weighted by Gasteiger charge is -2.31. The lowest BCUT2D eigenvalue weighted by atomic mass is 9.90. The highest BCUT2D eigenvalue weighted by molar-refractivity contribution is 7.11. The van der Waals surface area contributed by atoms with Crippen LogP contribution in [0.15, 0.2) is 65.7 Å². The molecule has 0 amide bonds. The van der Waals surface area contributed by atoms with E-state index in [4.69, 9.17) is 0 Å². The third-order valence-electron chi connectivity index (χ3n) is 5.91. The number of benzene rings is 2. The van der Waals surface area contributed by atoms with Gasteiger partial charge in [-0.1, -0.05) is 60.2 Å². The number of rotatable bonds is 6. The van der Waals surface area contributed by atoms with Gasteiger partial charge in [-0.05, 0) is 50.8 Å². The number of hydrogen-bond acceptors (Lipinski definition) is 5. The Bertz CT molecular complexity index is 1070. The first-order valence-corrected chi connectivity index (χ1v) is 11.6. The zero-order chi connectivity index (χ0) is 21.6. The number of allylic oxidation sites excluding steroid dienone is 1. The number of aliphatic hydroxyl groups is 1. The Kier molecular flexibility index (Phi) is 6.81. The molecule has 1 saturated heterocycles. The summed E-state index contributed by atoms with van der Waals surface area (Å²) < 4.78 is 0. The van der Waals surface area contributed by atoms with Gasteiger partial charge in [-0.3, -0.25) is 4.90 Å². The number of aliphatic hydroxyl groups excluding tert-OH is 1. The van der Waals surface area contributed by atoms with Gasteiger partial charge in [0.15, 0.2) is 0 Å². The molecule has 1 aliphatic heterocycles. The van der Waals surface area contributed by atoms with Crippen LogP contribution in [0, 0.1) is 24.2 Å². The molecule has 3 aromatic rings. The molecule has 0 unspecified atom stereocenters. The SMILES string of the molecule is Cc1ccc(-c2csc(/C(C#N)=C(/O)CN3CCC(Cc4ccccc4)CC3)n2)cc1. The van der Waals surface area contributed by atoms with Gasteiger partial charge in [0.2, 0.25) is 0 Å². The molecule has 5 heteroatoms. The van der Waals surface area contributed by atoms with E-state index in [0.29, 0.717) is 17.5 Å². The van der Waals surface area contributed by atoms with Crippen molar-refractivity contribution >= 4 is 16.9 Å². The van der Waals surface area contributed by atoms with E-state index in [9.17, 15) is 10.4 Å². The molecule has 4 nitrogen and oxygen atoms in total. The van der Waals surface area contributed by atoms with E-state index in [1.165, 1.54) is 22.5 Å². The molecule has 1 aliphatic rings. The molecule has 0 saturated carbocycles. The summed E-state index contributed by atoms with van der Waals surface area (Å²) in [5, 5.41) is 22.9. The summed E-state index contributed by atoms with van der Waals surface area (Å²) in [7, 11) is 0. The Labute approximate surface area is 188 Å². The number of aryl methyl sites for hydroxylation is 1. The van der Waals surface area contributed by atoms with Crippen LogP contribution in [-0.4, -0.2) is 34.6 Å². The van der Waals surface area contributed by atoms with Crippen LogP contribution < -0.4 is 0 Å². The second kappa shape index (κ2) is 9.91. The minimum Gasteiger partial charge on any atom is -0.509 e. The Morgan fingerprint density at radius 1 is 1.13 bits per heavy atom. The Balaban J connectivity index is 1.38. The first-order valence-electron chi connectivity index (χ1n) is 10.7. The fraction of sp³-hybridized carbons (Fsp3) is 0.308. The third-order valence-corrected chi connectivity index (χ3v) is 6.77. The van der Waals surface area contributed by atoms with Gasteiger partial charge in [0.25, 0.3) is 0 Å². The summed E-state index contributed by atoms with van der Waals surface area (Å²) in [4.78, 5) is 6.85. The van der Waals surface area contributed by atoms with Gasteiger partial charge in [0.05, 0.1) is 12.2 Å². The number of piperidine rings is 1. The Morgan fingerprint density at radius 2 is 1.84 bits per heavy atom. The van der Waals surface area contributed by atoms with Gasteiger partial charge in [-0.2, -0.15) is 5.26 Å². The van der Waals surface area contributed by atoms with E-state index in [2.05, 4.69) is 53.2 Å². The van der Waals surface area contributed by atoms with E-state index in [1.54, 1.807) is 0 Å². The maximum Gasteiger partial charge on any atom is 0.138 e. The second-order valence-electron chi connectivity index (χ2n) is 8.25. The van der Waals surface area contributed by atoms with Gasteiger partial charge in [0, 0.05) is 10.9 Å². The predicted molar refractivity (Wildman–Crippen MR) is 127 cm³/mol. The van der Waals surface area contributed by atoms with Gasteiger partial charge >= 0.3 is 0 Å². The fourth-order valence-electron chi connectivity index (χ4n) is 4.07. The van der Waals surface area contributed by atoms with Crippen molar-refractivity contribution in [3.8, 4) is 17.3 Å². The van der Waals surface area contributed by atoms with Crippen LogP contribution in [-0.2, 0) is 6.42 Å². The minimum absolute atomic E-state index is 0.119. The molecule has 1 fully saturated rings. The monoisotopic (exact) mass is 429 g/mol. The maximum absolute atomic E-state index is 10.7. The quantitative estimate of drug-likeness (QED) is 0.393. The van der Waals surface area contributed by atoms with E-state index in [-0.39, 0.29) is 11.3 Å². The lowest BCUT2D eigenvalue weighted by molar-refractivity contribution is 0.177. The summed E-state index contributed by atoms with van der Waals surface area (Å²) in [5.41, 5.74) is 4.73. The largest absolute Gasteiger partial charge is 0.509 e. The van der Waals surface area contributed by atoms with Crippen molar-refractivity contribution in [1.82, 2.24) is 9.88 Å². The standard InChI is InChI=1S/C26H27N3OS/c1-19-7-9-22(10-8-19)24-18-31-26(28-24)23(16-27)25(30)17-29-13-11-21(12-14-29)15-20-5-3-2-4-6-20/h2-10,18,21,30H,11-15,17H2,1H3/b25-23+. The van der Waals surface area contributed by atoms with Gasteiger partial charge in [-0.25, -0.2) is 4.98 Å². The second-order valence-corrected chi connectivity index (χ2v) is 9.10. The molecule has 0 spiro atoms. The van der Waals surface area contributed by atoms with Crippen LogP contribution in [0.25, 0.3) is 16.8 Å². The predicted octanol–water partition coefficient (Wildman–Crippen LogP) is 5.87. The highest BCUT2D eigenvalue weighted by Gasteiger charge is 2.22. The number of likely N-dealkylation sites (tertiary alicyclic amines) is 1. The molecule has 1 aromatic heterocycles. The first kappa shape index (κ1) is 21.3. The van der Waals surface area contributed by atoms with E-state index >= 15 is 0 Å². The highest BCUT2D eigenvalue weighted by Crippen LogP contribution is 2.28. The number of aromatic nitrogens is 1. The summed E-state index contributed by atoms with van der Waals surface area (Å²) in [6, 6.07) is 21.0. The molecule has 2 heterocycles. The van der Waals surface area contributed by atoms with Crippen molar-refractivity contribution in [2.75, 3.05) is 19.6 Å². The van der Waals surface area contributed by atoms with Gasteiger partial charge in [0.1, 0.15) is 22.4 Å². The average Bonchev–Trinajstić information content (AvgIpc) is 3.26. The van der Waals surface area contributed by atoms with Crippen LogP contribution >= 0.6 is 11.3 Å². The summed E-state index contributed by atoms with van der Waals surface area (Å²) in [6.07, 6.45) is 3.33. The van der Waals surface area contributed by atoms with Crippen LogP contribution in [0.5, 0.6) is 0 Å². The van der Waals surface area contributed by atoms with Crippen LogP contribution in [0.1, 0.15) is 29.0 Å². The summed E-state index contributed by atoms with van der Waals surface area (Å²) in [5.74, 6) is 0.796. The molecule has 4 rings (SSSR count). The molecule has 2 aromatic carbocycles. The average molecular weight is 430 g/mol. The van der Waals surface area contributed by atoms with Crippen molar-refractivity contribution in [1.29, 1.82) is 5.26 Å². The summed E-state index contributed by atoms with van der Waals surface area (Å²) in [6.45, 7) is 4.33. The zero-order valence-corrected chi connectivity index (χ0v) is 18.6. The van der Waals surface area contributed by atoms with Gasteiger partial charge in [-0.15, -0.1) is 11.3 Å². The van der Waals surface area contributed by atoms with Crippen LogP contribution in [0.4, 0.5) is 0 Å². The van der Waals surface area contributed by atoms with E-state index < -0.39 is 0 Å². The molecule has 158 valence electrons. The maximum atomic E-state index is 10.7. The summed E-state index contributed by atoms with van der Waals surface area (Å²) >= 11 is 1.40. The highest BCUT2D eigenvalue weighted by atomic mass is 32.1. The molecule has 31 heavy (non-hydrogen) atoms. The number of nitrogens with zero attached hydrogens (tertiary/aromatic N) is 3. The molecule has 1 N–H and O–H groups in total.